The summed E-state index contributed by atoms with van der Waals surface area (Å²) in [5, 5.41) is 6.50. The maximum atomic E-state index is 13.5. The molecule has 3 aromatic heterocycles. The van der Waals surface area contributed by atoms with Crippen molar-refractivity contribution >= 4 is 22.9 Å². The third kappa shape index (κ3) is 4.69. The highest BCUT2D eigenvalue weighted by Crippen LogP contribution is 2.25. The molecule has 1 fully saturated rings. The first-order valence-corrected chi connectivity index (χ1v) is 12.5. The first-order chi connectivity index (χ1) is 17.0. The van der Waals surface area contributed by atoms with Gasteiger partial charge in [0.1, 0.15) is 0 Å². The average Bonchev–Trinajstić information content (AvgIpc) is 3.56. The molecular formula is C26H28N6O2S. The van der Waals surface area contributed by atoms with Crippen molar-refractivity contribution in [1.82, 2.24) is 24.6 Å². The zero-order valence-corrected chi connectivity index (χ0v) is 21.0. The topological polar surface area (TPSA) is 76.4 Å². The Labute approximate surface area is 208 Å². The predicted molar refractivity (Wildman–Crippen MR) is 137 cm³/mol. The second-order valence-electron chi connectivity index (χ2n) is 8.64. The second-order valence-corrected chi connectivity index (χ2v) is 9.59. The number of benzene rings is 1. The van der Waals surface area contributed by atoms with Gasteiger partial charge in [-0.1, -0.05) is 18.2 Å². The predicted octanol–water partition coefficient (Wildman–Crippen LogP) is 4.12. The highest BCUT2D eigenvalue weighted by atomic mass is 32.1. The molecule has 8 nitrogen and oxygen atoms in total. The van der Waals surface area contributed by atoms with E-state index in [4.69, 9.17) is 4.74 Å². The van der Waals surface area contributed by atoms with E-state index in [1.54, 1.807) is 35.5 Å². The number of methoxy groups -OCH3 is 1. The number of rotatable bonds is 6. The number of ether oxygens (including phenoxy) is 1. The number of hydrogen-bond donors (Lipinski definition) is 0. The van der Waals surface area contributed by atoms with E-state index >= 15 is 0 Å². The molecule has 0 aliphatic carbocycles. The fourth-order valence-electron chi connectivity index (χ4n) is 4.39. The van der Waals surface area contributed by atoms with Gasteiger partial charge >= 0.3 is 0 Å². The van der Waals surface area contributed by atoms with E-state index in [9.17, 15) is 4.79 Å². The molecule has 1 saturated heterocycles. The molecular weight excluding hydrogens is 460 g/mol. The fourth-order valence-corrected chi connectivity index (χ4v) is 5.09. The van der Waals surface area contributed by atoms with Gasteiger partial charge in [0.15, 0.2) is 0 Å². The minimum atomic E-state index is -0.0432. The molecule has 1 aromatic carbocycles. The van der Waals surface area contributed by atoms with Crippen molar-refractivity contribution < 1.29 is 9.53 Å². The number of nitrogens with zero attached hydrogens (tertiary/aromatic N) is 6. The molecule has 5 rings (SSSR count). The lowest BCUT2D eigenvalue weighted by Crippen LogP contribution is -2.49. The van der Waals surface area contributed by atoms with Gasteiger partial charge in [0.25, 0.3) is 11.9 Å². The molecule has 0 radical (unpaired) electrons. The van der Waals surface area contributed by atoms with E-state index in [1.165, 1.54) is 16.8 Å². The molecule has 180 valence electrons. The summed E-state index contributed by atoms with van der Waals surface area (Å²) in [7, 11) is 1.61. The van der Waals surface area contributed by atoms with Gasteiger partial charge in [-0.2, -0.15) is 9.78 Å². The van der Waals surface area contributed by atoms with Crippen molar-refractivity contribution in [2.45, 2.75) is 20.5 Å². The molecule has 0 bridgehead atoms. The van der Waals surface area contributed by atoms with Crippen LogP contribution in [0.1, 0.15) is 27.2 Å². The molecule has 1 aliphatic heterocycles. The van der Waals surface area contributed by atoms with Crippen LogP contribution in [0.25, 0.3) is 16.5 Å². The summed E-state index contributed by atoms with van der Waals surface area (Å²) in [5.41, 5.74) is 5.73. The summed E-state index contributed by atoms with van der Waals surface area (Å²) in [6.07, 6.45) is 3.32. The number of aromatic nitrogens is 4. The molecule has 1 amide bonds. The van der Waals surface area contributed by atoms with Gasteiger partial charge in [-0.05, 0) is 48.6 Å². The maximum Gasteiger partial charge on any atom is 0.257 e. The van der Waals surface area contributed by atoms with E-state index < -0.39 is 0 Å². The number of hydrogen-bond acceptors (Lipinski definition) is 7. The van der Waals surface area contributed by atoms with Gasteiger partial charge in [-0.25, -0.2) is 9.97 Å². The summed E-state index contributed by atoms with van der Waals surface area (Å²) >= 11 is 1.61. The highest BCUT2D eigenvalue weighted by Gasteiger charge is 2.27. The third-order valence-corrected chi connectivity index (χ3v) is 7.15. The number of carbonyl (C=O) groups is 1. The molecule has 9 heteroatoms. The molecule has 0 spiro atoms. The van der Waals surface area contributed by atoms with E-state index in [2.05, 4.69) is 52.0 Å². The summed E-state index contributed by atoms with van der Waals surface area (Å²) in [6, 6.07) is 12.4. The Hall–Kier alpha value is -3.56. The molecule has 0 saturated carbocycles. The highest BCUT2D eigenvalue weighted by molar-refractivity contribution is 7.13. The quantitative estimate of drug-likeness (QED) is 0.406. The average molecular weight is 489 g/mol. The van der Waals surface area contributed by atoms with Crippen LogP contribution in [0, 0.1) is 13.8 Å². The monoisotopic (exact) mass is 488 g/mol. The van der Waals surface area contributed by atoms with E-state index in [1.807, 2.05) is 28.5 Å². The van der Waals surface area contributed by atoms with Gasteiger partial charge in [0.05, 0.1) is 34.6 Å². The Kier molecular flexibility index (Phi) is 6.61. The fraction of sp³-hybridized carbons (Fsp3) is 0.308. The molecule has 4 heterocycles. The van der Waals surface area contributed by atoms with Crippen LogP contribution in [-0.4, -0.2) is 63.8 Å². The van der Waals surface area contributed by atoms with Crippen molar-refractivity contribution in [1.29, 1.82) is 0 Å². The number of amides is 1. The Morgan fingerprint density at radius 3 is 2.69 bits per heavy atom. The summed E-state index contributed by atoms with van der Waals surface area (Å²) in [6.45, 7) is 7.34. The van der Waals surface area contributed by atoms with Crippen molar-refractivity contribution in [3.05, 3.63) is 76.6 Å². The zero-order valence-electron chi connectivity index (χ0n) is 20.1. The summed E-state index contributed by atoms with van der Waals surface area (Å²) in [4.78, 5) is 27.9. The third-order valence-electron chi connectivity index (χ3n) is 6.26. The smallest absolute Gasteiger partial charge is 0.257 e. The standard InChI is InChI=1S/C26H28N6O2S/c1-18-6-7-19(2)22(15-18)30-10-12-31(13-11-30)25(33)20-16-28-32(23(20)17-34-3)26-27-9-8-21(29-26)24-5-4-14-35-24/h4-9,14-16H,10-13,17H2,1-3H3. The number of anilines is 1. The first kappa shape index (κ1) is 23.2. The summed E-state index contributed by atoms with van der Waals surface area (Å²) in [5.74, 6) is 0.375. The van der Waals surface area contributed by atoms with Crippen LogP contribution >= 0.6 is 11.3 Å². The molecule has 0 N–H and O–H groups in total. The number of piperazine rings is 1. The molecule has 0 atom stereocenters. The van der Waals surface area contributed by atoms with Crippen LogP contribution < -0.4 is 4.90 Å². The first-order valence-electron chi connectivity index (χ1n) is 11.6. The minimum absolute atomic E-state index is 0.0432. The largest absolute Gasteiger partial charge is 0.378 e. The lowest BCUT2D eigenvalue weighted by Gasteiger charge is -2.37. The van der Waals surface area contributed by atoms with Crippen LogP contribution in [0.3, 0.4) is 0 Å². The van der Waals surface area contributed by atoms with Crippen molar-refractivity contribution in [2.24, 2.45) is 0 Å². The Morgan fingerprint density at radius 1 is 1.11 bits per heavy atom. The molecule has 35 heavy (non-hydrogen) atoms. The lowest BCUT2D eigenvalue weighted by atomic mass is 10.1. The lowest BCUT2D eigenvalue weighted by molar-refractivity contribution is 0.0741. The van der Waals surface area contributed by atoms with Gasteiger partial charge in [0.2, 0.25) is 0 Å². The number of carbonyl (C=O) groups excluding carboxylic acids is 1. The Bertz CT molecular complexity index is 1330. The Morgan fingerprint density at radius 2 is 1.94 bits per heavy atom. The van der Waals surface area contributed by atoms with E-state index in [0.717, 1.165) is 23.7 Å². The van der Waals surface area contributed by atoms with Crippen molar-refractivity contribution in [3.63, 3.8) is 0 Å². The van der Waals surface area contributed by atoms with E-state index in [-0.39, 0.29) is 12.5 Å². The normalized spacial score (nSPS) is 13.9. The molecule has 1 aliphatic rings. The zero-order chi connectivity index (χ0) is 24.4. The second kappa shape index (κ2) is 9.97. The SMILES string of the molecule is COCc1c(C(=O)N2CCN(c3cc(C)ccc3C)CC2)cnn1-c1nccc(-c2cccs2)n1. The molecule has 0 unspecified atom stereocenters. The van der Waals surface area contributed by atoms with E-state index in [0.29, 0.717) is 30.3 Å². The van der Waals surface area contributed by atoms with Crippen LogP contribution in [0.5, 0.6) is 0 Å². The van der Waals surface area contributed by atoms with Gasteiger partial charge in [0, 0.05) is 45.2 Å². The maximum absolute atomic E-state index is 13.5. The summed E-state index contributed by atoms with van der Waals surface area (Å²) < 4.78 is 7.05. The van der Waals surface area contributed by atoms with Gasteiger partial charge in [-0.3, -0.25) is 4.79 Å². The van der Waals surface area contributed by atoms with Crippen LogP contribution in [0.2, 0.25) is 0 Å². The number of thiophene rings is 1. The Balaban J connectivity index is 1.37. The van der Waals surface area contributed by atoms with Crippen LogP contribution in [0.15, 0.2) is 54.2 Å². The molecule has 4 aromatic rings. The van der Waals surface area contributed by atoms with Crippen LogP contribution in [-0.2, 0) is 11.3 Å². The number of aryl methyl sites for hydroxylation is 2. The van der Waals surface area contributed by atoms with Gasteiger partial charge < -0.3 is 14.5 Å². The van der Waals surface area contributed by atoms with Crippen molar-refractivity contribution in [3.8, 4) is 16.5 Å². The minimum Gasteiger partial charge on any atom is -0.378 e. The van der Waals surface area contributed by atoms with Crippen molar-refractivity contribution in [2.75, 3.05) is 38.2 Å². The van der Waals surface area contributed by atoms with Gasteiger partial charge in [-0.15, -0.1) is 11.3 Å². The van der Waals surface area contributed by atoms with Crippen LogP contribution in [0.4, 0.5) is 5.69 Å².